The van der Waals surface area contributed by atoms with Crippen LogP contribution in [0.2, 0.25) is 0 Å². The summed E-state index contributed by atoms with van der Waals surface area (Å²) in [5.41, 5.74) is 2.57. The molecule has 1 fully saturated rings. The van der Waals surface area contributed by atoms with E-state index in [1.165, 1.54) is 11.3 Å². The van der Waals surface area contributed by atoms with E-state index in [4.69, 9.17) is 4.74 Å². The number of aromatic nitrogens is 4. The van der Waals surface area contributed by atoms with E-state index < -0.39 is 0 Å². The fraction of sp³-hybridized carbons (Fsp3) is 0.435. The van der Waals surface area contributed by atoms with Crippen LogP contribution in [0.1, 0.15) is 30.8 Å². The van der Waals surface area contributed by atoms with Crippen LogP contribution in [0.3, 0.4) is 0 Å². The zero-order valence-electron chi connectivity index (χ0n) is 17.9. The number of benzene rings is 2. The predicted octanol–water partition coefficient (Wildman–Crippen LogP) is 1.78. The normalized spacial score (nSPS) is 15.9. The summed E-state index contributed by atoms with van der Waals surface area (Å²) >= 11 is 0. The van der Waals surface area contributed by atoms with Crippen molar-refractivity contribution in [2.45, 2.75) is 32.4 Å². The summed E-state index contributed by atoms with van der Waals surface area (Å²) < 4.78 is 7.28. The van der Waals surface area contributed by atoms with Crippen molar-refractivity contribution >= 4 is 5.69 Å². The third-order valence-electron chi connectivity index (χ3n) is 6.07. The number of ether oxygens (including phenoxy) is 1. The van der Waals surface area contributed by atoms with Gasteiger partial charge in [-0.2, -0.15) is 0 Å². The van der Waals surface area contributed by atoms with Crippen molar-refractivity contribution in [2.24, 2.45) is 0 Å². The fourth-order valence-electron chi connectivity index (χ4n) is 4.35. The molecule has 0 saturated carbocycles. The Labute approximate surface area is 178 Å². The molecular weight excluding hydrogens is 376 g/mol. The molecule has 1 saturated heterocycles. The molecule has 0 unspecified atom stereocenters. The minimum atomic E-state index is 0.328. The van der Waals surface area contributed by atoms with E-state index in [0.29, 0.717) is 6.04 Å². The minimum absolute atomic E-state index is 0.328. The summed E-state index contributed by atoms with van der Waals surface area (Å²) in [6.45, 7) is 7.28. The molecule has 1 aliphatic rings. The van der Waals surface area contributed by atoms with Gasteiger partial charge < -0.3 is 14.5 Å². The number of tetrazole rings is 1. The van der Waals surface area contributed by atoms with E-state index in [1.807, 2.05) is 22.9 Å². The van der Waals surface area contributed by atoms with Crippen molar-refractivity contribution in [3.8, 4) is 5.75 Å². The van der Waals surface area contributed by atoms with Gasteiger partial charge in [0.15, 0.2) is 0 Å². The van der Waals surface area contributed by atoms with Gasteiger partial charge in [0.25, 0.3) is 0 Å². The largest absolute Gasteiger partial charge is 0.497 e. The van der Waals surface area contributed by atoms with Crippen LogP contribution >= 0.6 is 0 Å². The van der Waals surface area contributed by atoms with Gasteiger partial charge in [0.1, 0.15) is 11.8 Å². The van der Waals surface area contributed by atoms with Gasteiger partial charge in [-0.05, 0) is 46.7 Å². The van der Waals surface area contributed by atoms with Gasteiger partial charge in [0.2, 0.25) is 5.82 Å². The van der Waals surface area contributed by atoms with Crippen molar-refractivity contribution in [3.05, 3.63) is 66.0 Å². The molecule has 0 aliphatic carbocycles. The number of hydrogen-bond donors (Lipinski definition) is 1. The highest BCUT2D eigenvalue weighted by molar-refractivity contribution is 5.49. The SMILES string of the molecule is CC[C@@H](c1nnnn1CCc1ccccc1)[NH+]1CCN(c2ccc(OC)cc2)CC1. The summed E-state index contributed by atoms with van der Waals surface area (Å²) in [6.07, 6.45) is 1.97. The van der Waals surface area contributed by atoms with Crippen LogP contribution in [0.5, 0.6) is 5.75 Å². The summed E-state index contributed by atoms with van der Waals surface area (Å²) in [7, 11) is 1.70. The van der Waals surface area contributed by atoms with Crippen molar-refractivity contribution in [3.63, 3.8) is 0 Å². The Morgan fingerprint density at radius 3 is 2.43 bits per heavy atom. The van der Waals surface area contributed by atoms with E-state index in [1.54, 1.807) is 12.0 Å². The van der Waals surface area contributed by atoms with Gasteiger partial charge in [-0.25, -0.2) is 4.68 Å². The van der Waals surface area contributed by atoms with E-state index in [2.05, 4.69) is 63.7 Å². The number of anilines is 1. The second-order valence-electron chi connectivity index (χ2n) is 7.80. The monoisotopic (exact) mass is 407 g/mol. The average Bonchev–Trinajstić information content (AvgIpc) is 3.28. The lowest BCUT2D eigenvalue weighted by Gasteiger charge is -2.36. The van der Waals surface area contributed by atoms with Crippen LogP contribution in [0.15, 0.2) is 54.6 Å². The molecule has 2 aromatic carbocycles. The maximum absolute atomic E-state index is 5.28. The molecule has 7 heteroatoms. The van der Waals surface area contributed by atoms with Crippen molar-refractivity contribution in [1.29, 1.82) is 0 Å². The predicted molar refractivity (Wildman–Crippen MR) is 117 cm³/mol. The first kappa shape index (κ1) is 20.3. The van der Waals surface area contributed by atoms with Crippen LogP contribution in [-0.4, -0.2) is 53.5 Å². The van der Waals surface area contributed by atoms with Crippen LogP contribution in [0, 0.1) is 0 Å². The molecule has 0 amide bonds. The van der Waals surface area contributed by atoms with Crippen LogP contribution in [0.4, 0.5) is 5.69 Å². The van der Waals surface area contributed by atoms with Gasteiger partial charge in [0.05, 0.1) is 33.3 Å². The molecule has 0 bridgehead atoms. The number of aryl methyl sites for hydroxylation is 2. The van der Waals surface area contributed by atoms with E-state index >= 15 is 0 Å². The quantitative estimate of drug-likeness (QED) is 0.617. The second-order valence-corrected chi connectivity index (χ2v) is 7.80. The van der Waals surface area contributed by atoms with Crippen molar-refractivity contribution < 1.29 is 9.64 Å². The lowest BCUT2D eigenvalue weighted by molar-refractivity contribution is -0.933. The maximum Gasteiger partial charge on any atom is 0.209 e. The molecule has 7 nitrogen and oxygen atoms in total. The van der Waals surface area contributed by atoms with E-state index in [0.717, 1.165) is 57.1 Å². The molecule has 1 aromatic heterocycles. The molecular formula is C23H31N6O+. The Morgan fingerprint density at radius 1 is 1.03 bits per heavy atom. The van der Waals surface area contributed by atoms with Gasteiger partial charge in [-0.3, -0.25) is 0 Å². The number of quaternary nitrogens is 1. The van der Waals surface area contributed by atoms with E-state index in [-0.39, 0.29) is 0 Å². The molecule has 3 aromatic rings. The maximum atomic E-state index is 5.28. The smallest absolute Gasteiger partial charge is 0.209 e. The molecule has 158 valence electrons. The number of nitrogens with zero attached hydrogens (tertiary/aromatic N) is 5. The number of piperazine rings is 1. The Kier molecular flexibility index (Phi) is 6.59. The molecule has 30 heavy (non-hydrogen) atoms. The first-order valence-corrected chi connectivity index (χ1v) is 10.8. The highest BCUT2D eigenvalue weighted by Crippen LogP contribution is 2.19. The number of nitrogens with one attached hydrogen (secondary N) is 1. The summed E-state index contributed by atoms with van der Waals surface area (Å²) in [5, 5.41) is 12.7. The van der Waals surface area contributed by atoms with Gasteiger partial charge in [-0.1, -0.05) is 37.3 Å². The van der Waals surface area contributed by atoms with Crippen molar-refractivity contribution in [2.75, 3.05) is 38.2 Å². The third-order valence-corrected chi connectivity index (χ3v) is 6.07. The molecule has 1 N–H and O–H groups in total. The topological polar surface area (TPSA) is 60.5 Å². The Bertz CT molecular complexity index is 903. The van der Waals surface area contributed by atoms with Gasteiger partial charge in [-0.15, -0.1) is 5.10 Å². The molecule has 2 heterocycles. The summed E-state index contributed by atoms with van der Waals surface area (Å²) in [6, 6.07) is 19.2. The first-order valence-electron chi connectivity index (χ1n) is 10.8. The fourth-order valence-corrected chi connectivity index (χ4v) is 4.35. The highest BCUT2D eigenvalue weighted by atomic mass is 16.5. The van der Waals surface area contributed by atoms with Crippen LogP contribution in [-0.2, 0) is 13.0 Å². The Balaban J connectivity index is 1.38. The number of hydrogen-bond acceptors (Lipinski definition) is 5. The molecule has 4 rings (SSSR count). The Hall–Kier alpha value is -2.93. The van der Waals surface area contributed by atoms with Crippen LogP contribution < -0.4 is 14.5 Å². The number of methoxy groups -OCH3 is 1. The lowest BCUT2D eigenvalue weighted by Crippen LogP contribution is -3.15. The molecule has 1 aliphatic heterocycles. The van der Waals surface area contributed by atoms with E-state index in [9.17, 15) is 0 Å². The van der Waals surface area contributed by atoms with Gasteiger partial charge >= 0.3 is 0 Å². The highest BCUT2D eigenvalue weighted by Gasteiger charge is 2.31. The number of rotatable bonds is 8. The molecule has 1 atom stereocenters. The Morgan fingerprint density at radius 2 is 1.77 bits per heavy atom. The van der Waals surface area contributed by atoms with Crippen molar-refractivity contribution in [1.82, 2.24) is 20.2 Å². The first-order chi connectivity index (χ1) is 14.8. The summed E-state index contributed by atoms with van der Waals surface area (Å²) in [4.78, 5) is 4.02. The zero-order chi connectivity index (χ0) is 20.8. The average molecular weight is 408 g/mol. The molecule has 0 radical (unpaired) electrons. The summed E-state index contributed by atoms with van der Waals surface area (Å²) in [5.74, 6) is 1.91. The van der Waals surface area contributed by atoms with Gasteiger partial charge in [0, 0.05) is 18.7 Å². The minimum Gasteiger partial charge on any atom is -0.497 e. The standard InChI is InChI=1S/C23H30N6O/c1-3-22(23-24-25-26-29(23)14-13-19-7-5-4-6-8-19)28-17-15-27(16-18-28)20-9-11-21(30-2)12-10-20/h4-12,22H,3,13-18H2,1-2H3/p+1/t22-/m0/s1. The second kappa shape index (κ2) is 9.71. The third kappa shape index (κ3) is 4.62. The lowest BCUT2D eigenvalue weighted by atomic mass is 10.1. The van der Waals surface area contributed by atoms with Crippen LogP contribution in [0.25, 0.3) is 0 Å². The molecule has 0 spiro atoms. The zero-order valence-corrected chi connectivity index (χ0v) is 17.9.